The minimum absolute atomic E-state index is 0.0896. The third kappa shape index (κ3) is 2.10. The molecule has 0 radical (unpaired) electrons. The van der Waals surface area contributed by atoms with Crippen LogP contribution in [0.5, 0.6) is 5.75 Å². The number of aromatic nitrogens is 3. The molecule has 2 aromatic heterocycles. The average molecular weight is 273 g/mol. The number of nitrogens with zero attached hydrogens (tertiary/aromatic N) is 2. The lowest BCUT2D eigenvalue weighted by Gasteiger charge is -2.04. The summed E-state index contributed by atoms with van der Waals surface area (Å²) in [5.74, 6) is 0.708. The number of aromatic hydroxyl groups is 1. The zero-order valence-corrected chi connectivity index (χ0v) is 10.9. The Morgan fingerprint density at radius 1 is 1.32 bits per heavy atom. The number of imidazole rings is 1. The molecule has 6 heteroatoms. The predicted octanol–water partition coefficient (Wildman–Crippen LogP) is 2.07. The first-order valence-corrected chi connectivity index (χ1v) is 7.17. The number of benzene rings is 1. The van der Waals surface area contributed by atoms with E-state index in [2.05, 4.69) is 15.0 Å². The monoisotopic (exact) mass is 273 g/mol. The van der Waals surface area contributed by atoms with Gasteiger partial charge in [-0.05, 0) is 24.3 Å². The molecule has 96 valence electrons. The first-order chi connectivity index (χ1) is 9.15. The topological polar surface area (TPSA) is 78.9 Å². The van der Waals surface area contributed by atoms with Crippen molar-refractivity contribution >= 4 is 21.8 Å². The molecular weight excluding hydrogens is 262 g/mol. The van der Waals surface area contributed by atoms with Crippen molar-refractivity contribution < 1.29 is 9.32 Å². The Kier molecular flexibility index (Phi) is 2.79. The highest BCUT2D eigenvalue weighted by Gasteiger charge is 2.13. The Labute approximate surface area is 111 Å². The average Bonchev–Trinajstić information content (AvgIpc) is 2.82. The summed E-state index contributed by atoms with van der Waals surface area (Å²) < 4.78 is 11.8. The molecule has 19 heavy (non-hydrogen) atoms. The van der Waals surface area contributed by atoms with Crippen LogP contribution in [-0.2, 0) is 10.8 Å². The van der Waals surface area contributed by atoms with E-state index in [1.165, 1.54) is 6.07 Å². The Morgan fingerprint density at radius 3 is 2.89 bits per heavy atom. The van der Waals surface area contributed by atoms with Crippen LogP contribution in [0.4, 0.5) is 0 Å². The number of hydrogen-bond donors (Lipinski definition) is 2. The molecule has 1 unspecified atom stereocenters. The molecule has 0 bridgehead atoms. The van der Waals surface area contributed by atoms with Gasteiger partial charge in [0.25, 0.3) is 0 Å². The predicted molar refractivity (Wildman–Crippen MR) is 73.3 cm³/mol. The fourth-order valence-corrected chi connectivity index (χ4v) is 2.69. The van der Waals surface area contributed by atoms with Crippen LogP contribution >= 0.6 is 0 Å². The van der Waals surface area contributed by atoms with Crippen LogP contribution in [0.15, 0.2) is 41.6 Å². The van der Waals surface area contributed by atoms with Crippen LogP contribution in [-0.4, -0.2) is 30.5 Å². The highest BCUT2D eigenvalue weighted by atomic mass is 32.2. The maximum Gasteiger partial charge on any atom is 0.139 e. The highest BCUT2D eigenvalue weighted by molar-refractivity contribution is 7.84. The molecule has 0 saturated heterocycles. The molecule has 1 aromatic carbocycles. The first kappa shape index (κ1) is 11.9. The zero-order valence-electron chi connectivity index (χ0n) is 10.1. The van der Waals surface area contributed by atoms with Gasteiger partial charge in [0.05, 0.1) is 32.9 Å². The third-order valence-electron chi connectivity index (χ3n) is 2.81. The molecule has 0 aliphatic heterocycles. The summed E-state index contributed by atoms with van der Waals surface area (Å²) in [6, 6.07) is 6.56. The van der Waals surface area contributed by atoms with Gasteiger partial charge in [-0.2, -0.15) is 0 Å². The molecule has 0 aliphatic rings. The van der Waals surface area contributed by atoms with E-state index >= 15 is 0 Å². The lowest BCUT2D eigenvalue weighted by atomic mass is 10.2. The second-order valence-electron chi connectivity index (χ2n) is 4.11. The Bertz CT molecular complexity index is 749. The summed E-state index contributed by atoms with van der Waals surface area (Å²) in [6.07, 6.45) is 4.93. The number of phenols is 1. The van der Waals surface area contributed by atoms with Gasteiger partial charge in [-0.3, -0.25) is 9.19 Å². The number of aromatic amines is 1. The lowest BCUT2D eigenvalue weighted by Crippen LogP contribution is -1.93. The molecule has 3 rings (SSSR count). The Morgan fingerprint density at radius 2 is 2.16 bits per heavy atom. The van der Waals surface area contributed by atoms with Gasteiger partial charge in [-0.25, -0.2) is 4.98 Å². The molecule has 0 aliphatic carbocycles. The van der Waals surface area contributed by atoms with Gasteiger partial charge in [0.15, 0.2) is 0 Å². The van der Waals surface area contributed by atoms with E-state index in [0.29, 0.717) is 10.7 Å². The summed E-state index contributed by atoms with van der Waals surface area (Å²) in [6.45, 7) is 0. The van der Waals surface area contributed by atoms with Gasteiger partial charge < -0.3 is 10.1 Å². The van der Waals surface area contributed by atoms with E-state index in [1.807, 2.05) is 0 Å². The van der Waals surface area contributed by atoms with Gasteiger partial charge in [-0.1, -0.05) is 0 Å². The number of phenolic OH excluding ortho intramolecular Hbond substituents is 1. The van der Waals surface area contributed by atoms with Gasteiger partial charge in [-0.15, -0.1) is 0 Å². The van der Waals surface area contributed by atoms with E-state index in [1.54, 1.807) is 36.8 Å². The smallest absolute Gasteiger partial charge is 0.139 e. The Balaban J connectivity index is 2.23. The quantitative estimate of drug-likeness (QED) is 0.749. The number of nitrogens with one attached hydrogen (secondary N) is 1. The number of pyridine rings is 1. The van der Waals surface area contributed by atoms with E-state index in [4.69, 9.17) is 0 Å². The van der Waals surface area contributed by atoms with E-state index < -0.39 is 10.8 Å². The van der Waals surface area contributed by atoms with Crippen LogP contribution in [0, 0.1) is 0 Å². The molecule has 2 N–H and O–H groups in total. The Hall–Kier alpha value is -2.21. The van der Waals surface area contributed by atoms with Crippen molar-refractivity contribution in [2.45, 2.75) is 4.90 Å². The zero-order chi connectivity index (χ0) is 13.4. The molecule has 3 aromatic rings. The van der Waals surface area contributed by atoms with Crippen LogP contribution < -0.4 is 0 Å². The number of fused-ring (bicyclic) bond motifs is 1. The standard InChI is InChI=1S/C13H11N3O2S/c1-19(18)12-6-8(17)2-3-9(12)13-15-10-4-5-14-7-11(10)16-13/h2-7,17H,1H3,(H,15,16). The maximum absolute atomic E-state index is 11.8. The summed E-state index contributed by atoms with van der Waals surface area (Å²) in [4.78, 5) is 12.1. The van der Waals surface area contributed by atoms with Crippen molar-refractivity contribution in [2.24, 2.45) is 0 Å². The second-order valence-corrected chi connectivity index (χ2v) is 5.46. The number of rotatable bonds is 2. The van der Waals surface area contributed by atoms with Crippen molar-refractivity contribution in [1.82, 2.24) is 15.0 Å². The number of hydrogen-bond acceptors (Lipinski definition) is 4. The van der Waals surface area contributed by atoms with Crippen molar-refractivity contribution in [3.63, 3.8) is 0 Å². The fraction of sp³-hybridized carbons (Fsp3) is 0.0769. The number of H-pyrrole nitrogens is 1. The van der Waals surface area contributed by atoms with E-state index in [9.17, 15) is 9.32 Å². The fourth-order valence-electron chi connectivity index (χ4n) is 1.93. The van der Waals surface area contributed by atoms with Gasteiger partial charge in [0.2, 0.25) is 0 Å². The summed E-state index contributed by atoms with van der Waals surface area (Å²) in [5.41, 5.74) is 2.33. The third-order valence-corrected chi connectivity index (χ3v) is 3.77. The molecule has 0 spiro atoms. The summed E-state index contributed by atoms with van der Waals surface area (Å²) in [5, 5.41) is 9.50. The van der Waals surface area contributed by atoms with Gasteiger partial charge in [0.1, 0.15) is 11.6 Å². The van der Waals surface area contributed by atoms with Crippen molar-refractivity contribution in [3.8, 4) is 17.1 Å². The van der Waals surface area contributed by atoms with Crippen LogP contribution in [0.1, 0.15) is 0 Å². The van der Waals surface area contributed by atoms with Gasteiger partial charge >= 0.3 is 0 Å². The van der Waals surface area contributed by atoms with Gasteiger partial charge in [0, 0.05) is 18.0 Å². The second kappa shape index (κ2) is 4.47. The lowest BCUT2D eigenvalue weighted by molar-refractivity contribution is 0.473. The maximum atomic E-state index is 11.8. The normalized spacial score (nSPS) is 12.7. The van der Waals surface area contributed by atoms with Crippen LogP contribution in [0.3, 0.4) is 0 Å². The molecule has 2 heterocycles. The molecule has 0 fully saturated rings. The van der Waals surface area contributed by atoms with Crippen LogP contribution in [0.25, 0.3) is 22.4 Å². The van der Waals surface area contributed by atoms with E-state index in [0.717, 1.165) is 16.6 Å². The molecular formula is C13H11N3O2S. The molecule has 0 saturated carbocycles. The van der Waals surface area contributed by atoms with Crippen LogP contribution in [0.2, 0.25) is 0 Å². The summed E-state index contributed by atoms with van der Waals surface area (Å²) >= 11 is 0. The largest absolute Gasteiger partial charge is 0.508 e. The highest BCUT2D eigenvalue weighted by Crippen LogP contribution is 2.28. The SMILES string of the molecule is CS(=O)c1cc(O)ccc1-c1nc2ccncc2[nH]1. The van der Waals surface area contributed by atoms with E-state index in [-0.39, 0.29) is 5.75 Å². The molecule has 0 amide bonds. The minimum Gasteiger partial charge on any atom is -0.508 e. The molecule has 5 nitrogen and oxygen atoms in total. The van der Waals surface area contributed by atoms with Crippen molar-refractivity contribution in [2.75, 3.05) is 6.26 Å². The molecule has 1 atom stereocenters. The van der Waals surface area contributed by atoms with Crippen molar-refractivity contribution in [1.29, 1.82) is 0 Å². The van der Waals surface area contributed by atoms with Crippen molar-refractivity contribution in [3.05, 3.63) is 36.7 Å². The first-order valence-electron chi connectivity index (χ1n) is 5.61. The minimum atomic E-state index is -1.21. The summed E-state index contributed by atoms with van der Waals surface area (Å²) in [7, 11) is -1.21.